The van der Waals surface area contributed by atoms with E-state index in [4.69, 9.17) is 14.2 Å². The quantitative estimate of drug-likeness (QED) is 0.752. The van der Waals surface area contributed by atoms with Crippen molar-refractivity contribution in [3.05, 3.63) is 41.7 Å². The summed E-state index contributed by atoms with van der Waals surface area (Å²) in [7, 11) is 3.20. The van der Waals surface area contributed by atoms with Crippen LogP contribution in [0.1, 0.15) is 31.2 Å². The second-order valence-corrected chi connectivity index (χ2v) is 5.88. The largest absolute Gasteiger partial charge is 0.497 e. The van der Waals surface area contributed by atoms with Crippen LogP contribution >= 0.6 is 0 Å². The third kappa shape index (κ3) is 4.74. The molecular formula is C19H27NO5. The van der Waals surface area contributed by atoms with E-state index in [1.54, 1.807) is 14.2 Å². The Kier molecular flexibility index (Phi) is 7.28. The van der Waals surface area contributed by atoms with Crippen LogP contribution in [-0.2, 0) is 14.3 Å². The first-order valence-electron chi connectivity index (χ1n) is 8.61. The molecule has 0 bridgehead atoms. The monoisotopic (exact) mass is 349 g/mol. The van der Waals surface area contributed by atoms with Crippen molar-refractivity contribution in [2.24, 2.45) is 5.92 Å². The summed E-state index contributed by atoms with van der Waals surface area (Å²) in [5.41, 5.74) is 1.05. The molecule has 2 N–H and O–H groups in total. The molecule has 3 atom stereocenters. The van der Waals surface area contributed by atoms with Crippen LogP contribution in [0.3, 0.4) is 0 Å². The SMILES string of the molecule is CCO[C@H]1OC(C(=O)NC)=C[C@@H](c2ccc(OC)cc2)[C@@H]1CCCO. The Hall–Kier alpha value is -2.05. The number of hydrogen-bond donors (Lipinski definition) is 2. The molecule has 1 aromatic rings. The number of amides is 1. The summed E-state index contributed by atoms with van der Waals surface area (Å²) in [4.78, 5) is 12.1. The number of aliphatic hydroxyl groups excluding tert-OH is 1. The fourth-order valence-electron chi connectivity index (χ4n) is 3.09. The average molecular weight is 349 g/mol. The lowest BCUT2D eigenvalue weighted by Crippen LogP contribution is -2.38. The van der Waals surface area contributed by atoms with Crippen LogP contribution < -0.4 is 10.1 Å². The van der Waals surface area contributed by atoms with Crippen molar-refractivity contribution in [1.82, 2.24) is 5.32 Å². The minimum absolute atomic E-state index is 0.00824. The van der Waals surface area contributed by atoms with Gasteiger partial charge in [-0.15, -0.1) is 0 Å². The van der Waals surface area contributed by atoms with Crippen molar-refractivity contribution in [3.8, 4) is 5.75 Å². The Bertz CT molecular complexity index is 584. The van der Waals surface area contributed by atoms with Gasteiger partial charge in [-0.3, -0.25) is 4.79 Å². The molecule has 0 aliphatic carbocycles. The number of nitrogens with one attached hydrogen (secondary N) is 1. The van der Waals surface area contributed by atoms with Crippen LogP contribution in [0.2, 0.25) is 0 Å². The molecule has 1 heterocycles. The summed E-state index contributed by atoms with van der Waals surface area (Å²) in [5.74, 6) is 0.731. The number of methoxy groups -OCH3 is 1. The predicted octanol–water partition coefficient (Wildman–Crippen LogP) is 2.19. The molecule has 6 heteroatoms. The second-order valence-electron chi connectivity index (χ2n) is 5.88. The number of rotatable bonds is 8. The first kappa shape index (κ1) is 19.3. The van der Waals surface area contributed by atoms with Crippen LogP contribution in [0.15, 0.2) is 36.1 Å². The first-order valence-corrected chi connectivity index (χ1v) is 8.61. The van der Waals surface area contributed by atoms with E-state index >= 15 is 0 Å². The minimum Gasteiger partial charge on any atom is -0.497 e. The standard InChI is InChI=1S/C19H27NO5/c1-4-24-19-15(6-5-11-21)16(12-17(25-19)18(22)20-2)13-7-9-14(23-3)10-8-13/h7-10,12,15-16,19,21H,4-6,11H2,1-3H3,(H,20,22)/t15-,16-,19-/m0/s1. The number of benzene rings is 1. The summed E-state index contributed by atoms with van der Waals surface area (Å²) >= 11 is 0. The van der Waals surface area contributed by atoms with Gasteiger partial charge in [-0.1, -0.05) is 12.1 Å². The maximum atomic E-state index is 12.1. The third-order valence-electron chi connectivity index (χ3n) is 4.36. The van der Waals surface area contributed by atoms with Crippen molar-refractivity contribution >= 4 is 5.91 Å². The van der Waals surface area contributed by atoms with Gasteiger partial charge in [0, 0.05) is 32.1 Å². The third-order valence-corrected chi connectivity index (χ3v) is 4.36. The number of carbonyl (C=O) groups excluding carboxylic acids is 1. The Morgan fingerprint density at radius 1 is 1.32 bits per heavy atom. The highest BCUT2D eigenvalue weighted by atomic mass is 16.7. The number of carbonyl (C=O) groups is 1. The van der Waals surface area contributed by atoms with Gasteiger partial charge >= 0.3 is 0 Å². The Labute approximate surface area is 148 Å². The van der Waals surface area contributed by atoms with Gasteiger partial charge in [-0.2, -0.15) is 0 Å². The molecule has 0 fully saturated rings. The normalized spacial score (nSPS) is 22.7. The molecule has 0 unspecified atom stereocenters. The van der Waals surface area contributed by atoms with E-state index in [0.717, 1.165) is 17.7 Å². The van der Waals surface area contributed by atoms with Crippen molar-refractivity contribution in [3.63, 3.8) is 0 Å². The first-order chi connectivity index (χ1) is 12.1. The molecule has 0 saturated carbocycles. The zero-order chi connectivity index (χ0) is 18.2. The highest BCUT2D eigenvalue weighted by molar-refractivity contribution is 5.91. The Balaban J connectivity index is 2.39. The van der Waals surface area contributed by atoms with Crippen molar-refractivity contribution < 1.29 is 24.1 Å². The van der Waals surface area contributed by atoms with E-state index in [0.29, 0.717) is 13.0 Å². The molecule has 0 saturated heterocycles. The molecule has 0 radical (unpaired) electrons. The number of aliphatic hydroxyl groups is 1. The van der Waals surface area contributed by atoms with Crippen LogP contribution in [0.25, 0.3) is 0 Å². The zero-order valence-electron chi connectivity index (χ0n) is 15.0. The van der Waals surface area contributed by atoms with Gasteiger partial charge in [0.25, 0.3) is 5.91 Å². The highest BCUT2D eigenvalue weighted by Gasteiger charge is 2.37. The van der Waals surface area contributed by atoms with Crippen LogP contribution in [-0.4, -0.2) is 44.7 Å². The summed E-state index contributed by atoms with van der Waals surface area (Å²) < 4.78 is 16.8. The Morgan fingerprint density at radius 3 is 2.60 bits per heavy atom. The molecule has 1 aromatic carbocycles. The van der Waals surface area contributed by atoms with Gasteiger partial charge < -0.3 is 24.6 Å². The predicted molar refractivity (Wildman–Crippen MR) is 94.2 cm³/mol. The maximum absolute atomic E-state index is 12.1. The van der Waals surface area contributed by atoms with Gasteiger partial charge in [0.15, 0.2) is 5.76 Å². The molecule has 1 aliphatic heterocycles. The summed E-state index contributed by atoms with van der Waals surface area (Å²) in [5, 5.41) is 11.8. The molecule has 2 rings (SSSR count). The number of ether oxygens (including phenoxy) is 3. The molecule has 0 spiro atoms. The molecular weight excluding hydrogens is 322 g/mol. The summed E-state index contributed by atoms with van der Waals surface area (Å²) in [6.45, 7) is 2.49. The van der Waals surface area contributed by atoms with Crippen LogP contribution in [0, 0.1) is 5.92 Å². The lowest BCUT2D eigenvalue weighted by atomic mass is 9.80. The number of likely N-dealkylation sites (N-methyl/N-ethyl adjacent to an activating group) is 1. The molecule has 6 nitrogen and oxygen atoms in total. The van der Waals surface area contributed by atoms with E-state index in [9.17, 15) is 9.90 Å². The van der Waals surface area contributed by atoms with E-state index in [1.807, 2.05) is 37.3 Å². The van der Waals surface area contributed by atoms with Crippen LogP contribution in [0.5, 0.6) is 5.75 Å². The van der Waals surface area contributed by atoms with E-state index in [1.165, 1.54) is 0 Å². The second kappa shape index (κ2) is 9.44. The average Bonchev–Trinajstić information content (AvgIpc) is 2.66. The van der Waals surface area contributed by atoms with Gasteiger partial charge in [-0.05, 0) is 43.5 Å². The van der Waals surface area contributed by atoms with Crippen molar-refractivity contribution in [1.29, 1.82) is 0 Å². The van der Waals surface area contributed by atoms with Gasteiger partial charge in [0.2, 0.25) is 6.29 Å². The van der Waals surface area contributed by atoms with Crippen molar-refractivity contribution in [2.75, 3.05) is 27.4 Å². The molecule has 25 heavy (non-hydrogen) atoms. The Morgan fingerprint density at radius 2 is 2.04 bits per heavy atom. The van der Waals surface area contributed by atoms with E-state index < -0.39 is 6.29 Å². The summed E-state index contributed by atoms with van der Waals surface area (Å²) in [6, 6.07) is 7.78. The van der Waals surface area contributed by atoms with Gasteiger partial charge in [0.1, 0.15) is 5.75 Å². The fourth-order valence-corrected chi connectivity index (χ4v) is 3.09. The maximum Gasteiger partial charge on any atom is 0.285 e. The van der Waals surface area contributed by atoms with Crippen LogP contribution in [0.4, 0.5) is 0 Å². The topological polar surface area (TPSA) is 77.0 Å². The van der Waals surface area contributed by atoms with Crippen molar-refractivity contribution in [2.45, 2.75) is 32.0 Å². The van der Waals surface area contributed by atoms with E-state index in [2.05, 4.69) is 5.32 Å². The van der Waals surface area contributed by atoms with Gasteiger partial charge in [-0.25, -0.2) is 0 Å². The molecule has 138 valence electrons. The van der Waals surface area contributed by atoms with E-state index in [-0.39, 0.29) is 30.1 Å². The zero-order valence-corrected chi connectivity index (χ0v) is 15.0. The summed E-state index contributed by atoms with van der Waals surface area (Å²) in [6.07, 6.45) is 2.70. The lowest BCUT2D eigenvalue weighted by Gasteiger charge is -2.37. The van der Waals surface area contributed by atoms with Gasteiger partial charge in [0.05, 0.1) is 7.11 Å². The minimum atomic E-state index is -0.527. The lowest BCUT2D eigenvalue weighted by molar-refractivity contribution is -0.166. The number of allylic oxidation sites excluding steroid dienone is 1. The highest BCUT2D eigenvalue weighted by Crippen LogP contribution is 2.39. The molecule has 0 aromatic heterocycles. The molecule has 1 amide bonds. The fraction of sp³-hybridized carbons (Fsp3) is 0.526. The molecule has 1 aliphatic rings. The smallest absolute Gasteiger partial charge is 0.285 e. The number of hydrogen-bond acceptors (Lipinski definition) is 5.